The fourth-order valence-electron chi connectivity index (χ4n) is 9.29. The largest absolute Gasteiger partial charge is 0.456 e. The summed E-state index contributed by atoms with van der Waals surface area (Å²) in [6.07, 6.45) is 0. The predicted octanol–water partition coefficient (Wildman–Crippen LogP) is 16.1. The van der Waals surface area contributed by atoms with Gasteiger partial charge in [-0.15, -0.1) is 0 Å². The van der Waals surface area contributed by atoms with Crippen LogP contribution in [0.5, 0.6) is 0 Å². The van der Waals surface area contributed by atoms with Crippen molar-refractivity contribution in [3.63, 3.8) is 0 Å². The first-order valence-corrected chi connectivity index (χ1v) is 19.3. The number of fused-ring (bicyclic) bond motifs is 13. The summed E-state index contributed by atoms with van der Waals surface area (Å²) in [4.78, 5) is 3.62. The monoisotopic (exact) mass is 721 g/mol. The summed E-state index contributed by atoms with van der Waals surface area (Å²) >= 11 is 0. The molecular weight excluding hydrogens is 691 g/mol. The van der Waals surface area contributed by atoms with Crippen molar-refractivity contribution >= 4 is 92.3 Å². The summed E-state index contributed by atoms with van der Waals surface area (Å²) in [5.41, 5.74) is 9.59. The van der Waals surface area contributed by atoms with Gasteiger partial charge in [0, 0.05) is 10.8 Å². The van der Waals surface area contributed by atoms with Crippen LogP contribution in [0.2, 0.25) is 0 Å². The Kier molecular flexibility index (Phi) is 6.73. The summed E-state index contributed by atoms with van der Waals surface area (Å²) in [6, 6.07) is 67.8. The summed E-state index contributed by atoms with van der Waals surface area (Å²) in [5, 5.41) is 16.8. The topological polar surface area (TPSA) is 17.5 Å². The zero-order valence-electron chi connectivity index (χ0n) is 30.8. The molecule has 0 radical (unpaired) electrons. The number of benzene rings is 11. The first kappa shape index (κ1) is 31.6. The third-order valence-electron chi connectivity index (χ3n) is 12.0. The molecule has 0 saturated carbocycles. The van der Waals surface area contributed by atoms with E-state index in [-0.39, 0.29) is 0 Å². The van der Waals surface area contributed by atoms with Gasteiger partial charge in [0.25, 0.3) is 0 Å². The molecule has 0 aliphatic heterocycles. The van der Waals surface area contributed by atoms with E-state index in [9.17, 15) is 0 Å². The quantitative estimate of drug-likeness (QED) is 0.131. The Hall–Kier alpha value is -7.73. The molecule has 0 bridgehead atoms. The Morgan fingerprint density at radius 1 is 0.316 bits per heavy atom. The van der Waals surface area contributed by atoms with Gasteiger partial charge in [-0.05, 0) is 134 Å². The van der Waals surface area contributed by atoms with Crippen molar-refractivity contribution < 1.29 is 4.42 Å². The fraction of sp³-hybridized carbons (Fsp3) is 0. The second-order valence-electron chi connectivity index (χ2n) is 15.1. The first-order valence-electron chi connectivity index (χ1n) is 19.3. The van der Waals surface area contributed by atoms with Crippen LogP contribution in [-0.4, -0.2) is 0 Å². The van der Waals surface area contributed by atoms with Crippen LogP contribution in [-0.2, 0) is 0 Å². The van der Waals surface area contributed by atoms with E-state index in [2.05, 4.69) is 175 Å². The van der Waals surface area contributed by atoms with Gasteiger partial charge in [-0.1, -0.05) is 152 Å². The maximum atomic E-state index is 7.43. The number of hydrogen-bond donors (Lipinski definition) is 0. The molecule has 0 atom stereocenters. The van der Waals surface area contributed by atoms with Crippen LogP contribution in [0.15, 0.2) is 192 Å². The second-order valence-corrected chi connectivity index (χ2v) is 15.1. The Morgan fingerprint density at radius 2 is 0.895 bits per heavy atom. The highest BCUT2D eigenvalue weighted by Crippen LogP contribution is 2.44. The van der Waals surface area contributed by atoms with E-state index in [4.69, 9.17) is 11.0 Å². The van der Waals surface area contributed by atoms with Gasteiger partial charge < -0.3 is 4.42 Å². The number of nitrogens with zero attached hydrogens (tertiary/aromatic N) is 1. The highest BCUT2D eigenvalue weighted by atomic mass is 16.3. The van der Waals surface area contributed by atoms with E-state index >= 15 is 0 Å². The minimum absolute atomic E-state index is 0.662. The zero-order valence-corrected chi connectivity index (χ0v) is 30.8. The third kappa shape index (κ3) is 4.83. The molecule has 0 aliphatic carbocycles. The average Bonchev–Trinajstić information content (AvgIpc) is 3.66. The summed E-state index contributed by atoms with van der Waals surface area (Å²) in [7, 11) is 0. The van der Waals surface area contributed by atoms with Crippen LogP contribution in [0.1, 0.15) is 0 Å². The number of furan rings is 1. The lowest BCUT2D eigenvalue weighted by molar-refractivity contribution is 0.670. The zero-order chi connectivity index (χ0) is 37.6. The molecule has 0 unspecified atom stereocenters. The standard InChI is InChI=1S/C55H31NO/c1-56-40-23-20-34-16-19-37(28-39(34)29-40)33-14-17-36(18-15-33)41-25-26-42(45-11-5-4-10-44(41)45)38-21-24-48-49(30-38)46-12-6-7-13-47(46)50-31-52-54(32-51(48)50)57-53-27-22-35-8-2-3-9-43(35)55(52)53/h2-32H. The molecular formula is C55H31NO. The normalized spacial score (nSPS) is 11.8. The van der Waals surface area contributed by atoms with Crippen molar-refractivity contribution in [3.8, 4) is 33.4 Å². The van der Waals surface area contributed by atoms with Crippen LogP contribution >= 0.6 is 0 Å². The van der Waals surface area contributed by atoms with Crippen molar-refractivity contribution in [2.24, 2.45) is 0 Å². The smallest absolute Gasteiger partial charge is 0.187 e. The van der Waals surface area contributed by atoms with Crippen molar-refractivity contribution in [2.45, 2.75) is 0 Å². The van der Waals surface area contributed by atoms with Gasteiger partial charge in [0.1, 0.15) is 11.2 Å². The Labute approximate surface area is 328 Å². The van der Waals surface area contributed by atoms with Crippen LogP contribution in [0.4, 0.5) is 5.69 Å². The van der Waals surface area contributed by atoms with Gasteiger partial charge in [0.15, 0.2) is 5.69 Å². The molecule has 0 saturated heterocycles. The molecule has 2 heteroatoms. The van der Waals surface area contributed by atoms with E-state index in [1.807, 2.05) is 18.2 Å². The van der Waals surface area contributed by atoms with E-state index in [0.717, 1.165) is 38.5 Å². The lowest BCUT2D eigenvalue weighted by Gasteiger charge is -2.15. The molecule has 2 nitrogen and oxygen atoms in total. The van der Waals surface area contributed by atoms with Crippen LogP contribution in [0.25, 0.3) is 125 Å². The van der Waals surface area contributed by atoms with Gasteiger partial charge in [0.05, 0.1) is 6.57 Å². The SMILES string of the molecule is [C-]#[N+]c1ccc2ccc(-c3ccc(-c4ccc(-c5ccc6c(c5)c5ccccc5c5cc7c(cc65)oc5ccc6ccccc6c57)c5ccccc45)cc3)cc2c1. The molecule has 12 rings (SSSR count). The molecule has 0 aliphatic rings. The second kappa shape index (κ2) is 12.1. The summed E-state index contributed by atoms with van der Waals surface area (Å²) in [5.74, 6) is 0. The fourth-order valence-corrected chi connectivity index (χ4v) is 9.29. The maximum absolute atomic E-state index is 7.43. The molecule has 1 heterocycles. The molecule has 0 amide bonds. The molecule has 1 aromatic heterocycles. The molecule has 0 spiro atoms. The van der Waals surface area contributed by atoms with Crippen molar-refractivity contribution in [3.05, 3.63) is 199 Å². The average molecular weight is 722 g/mol. The predicted molar refractivity (Wildman–Crippen MR) is 241 cm³/mol. The van der Waals surface area contributed by atoms with E-state index in [1.165, 1.54) is 81.5 Å². The first-order chi connectivity index (χ1) is 28.2. The molecule has 0 fully saturated rings. The lowest BCUT2D eigenvalue weighted by Crippen LogP contribution is -1.88. The minimum Gasteiger partial charge on any atom is -0.456 e. The summed E-state index contributed by atoms with van der Waals surface area (Å²) in [6.45, 7) is 7.43. The van der Waals surface area contributed by atoms with Gasteiger partial charge >= 0.3 is 0 Å². The van der Waals surface area contributed by atoms with Gasteiger partial charge in [-0.3, -0.25) is 0 Å². The molecule has 11 aromatic carbocycles. The highest BCUT2D eigenvalue weighted by molar-refractivity contribution is 6.30. The van der Waals surface area contributed by atoms with Gasteiger partial charge in [-0.2, -0.15) is 0 Å². The Balaban J connectivity index is 0.988. The van der Waals surface area contributed by atoms with Crippen molar-refractivity contribution in [1.82, 2.24) is 0 Å². The van der Waals surface area contributed by atoms with Gasteiger partial charge in [-0.25, -0.2) is 4.85 Å². The maximum Gasteiger partial charge on any atom is 0.187 e. The van der Waals surface area contributed by atoms with E-state index in [1.54, 1.807) is 0 Å². The van der Waals surface area contributed by atoms with E-state index < -0.39 is 0 Å². The molecule has 12 aromatic rings. The summed E-state index contributed by atoms with van der Waals surface area (Å²) < 4.78 is 6.56. The Morgan fingerprint density at radius 3 is 1.67 bits per heavy atom. The van der Waals surface area contributed by atoms with Gasteiger partial charge in [0.2, 0.25) is 0 Å². The van der Waals surface area contributed by atoms with E-state index in [0.29, 0.717) is 5.69 Å². The van der Waals surface area contributed by atoms with Crippen LogP contribution in [0, 0.1) is 6.57 Å². The van der Waals surface area contributed by atoms with Crippen molar-refractivity contribution in [2.75, 3.05) is 0 Å². The van der Waals surface area contributed by atoms with Crippen molar-refractivity contribution in [1.29, 1.82) is 0 Å². The molecule has 0 N–H and O–H groups in total. The number of rotatable bonds is 3. The van der Waals surface area contributed by atoms with Crippen LogP contribution in [0.3, 0.4) is 0 Å². The highest BCUT2D eigenvalue weighted by Gasteiger charge is 2.17. The Bertz CT molecular complexity index is 3690. The number of hydrogen-bond acceptors (Lipinski definition) is 1. The van der Waals surface area contributed by atoms with Crippen LogP contribution < -0.4 is 0 Å². The third-order valence-corrected chi connectivity index (χ3v) is 12.0. The minimum atomic E-state index is 0.662. The molecule has 57 heavy (non-hydrogen) atoms. The lowest BCUT2D eigenvalue weighted by atomic mass is 9.88. The molecule has 262 valence electrons.